The van der Waals surface area contributed by atoms with Gasteiger partial charge in [0.05, 0.1) is 0 Å². The average Bonchev–Trinajstić information content (AvgIpc) is 2.96. The van der Waals surface area contributed by atoms with Crippen molar-refractivity contribution in [2.45, 2.75) is 77.3 Å². The fraction of sp³-hybridized carbons (Fsp3) is 0.773. The number of fused-ring (bicyclic) bond motifs is 5. The largest absolute Gasteiger partial charge is 0.534 e. The molecule has 6 atom stereocenters. The molecule has 0 spiro atoms. The number of ether oxygens (including phenoxy) is 1. The minimum Gasteiger partial charge on any atom is -0.462 e. The van der Waals surface area contributed by atoms with Crippen LogP contribution in [-0.4, -0.2) is 26.0 Å². The van der Waals surface area contributed by atoms with E-state index < -0.39 is 21.0 Å². The molecule has 0 saturated heterocycles. The summed E-state index contributed by atoms with van der Waals surface area (Å²) in [5, 5.41) is 0. The molecule has 5 nitrogen and oxygen atoms in total. The van der Waals surface area contributed by atoms with Gasteiger partial charge in [-0.25, -0.2) is 0 Å². The second kappa shape index (κ2) is 7.25. The molecule has 2 saturated carbocycles. The molecule has 0 aliphatic heterocycles. The molecule has 4 aliphatic carbocycles. The first-order chi connectivity index (χ1) is 14.3. The van der Waals surface area contributed by atoms with E-state index in [2.05, 4.69) is 17.2 Å². The van der Waals surface area contributed by atoms with Gasteiger partial charge in [-0.2, -0.15) is 21.6 Å². The average molecular weight is 463 g/mol. The molecule has 0 heterocycles. The summed E-state index contributed by atoms with van der Waals surface area (Å²) in [6.07, 6.45) is 8.84. The fourth-order valence-corrected chi connectivity index (χ4v) is 7.37. The number of hydrogen-bond donors (Lipinski definition) is 0. The number of halogens is 3. The van der Waals surface area contributed by atoms with E-state index in [1.807, 2.05) is 6.92 Å². The number of alkyl halides is 3. The Kier molecular flexibility index (Phi) is 5.30. The van der Waals surface area contributed by atoms with Crippen molar-refractivity contribution in [2.75, 3.05) is 0 Å². The molecule has 9 heteroatoms. The normalized spacial score (nSPS) is 40.1. The maximum absolute atomic E-state index is 12.9. The van der Waals surface area contributed by atoms with Crippen LogP contribution in [0.25, 0.3) is 0 Å². The van der Waals surface area contributed by atoms with E-state index in [0.717, 1.165) is 32.1 Å². The van der Waals surface area contributed by atoms with Gasteiger partial charge in [0.25, 0.3) is 0 Å². The zero-order valence-electron chi connectivity index (χ0n) is 18.0. The molecular formula is C22H29F3O5S. The zero-order chi connectivity index (χ0) is 22.8. The van der Waals surface area contributed by atoms with Gasteiger partial charge in [0.1, 0.15) is 11.9 Å². The predicted molar refractivity (Wildman–Crippen MR) is 107 cm³/mol. The summed E-state index contributed by atoms with van der Waals surface area (Å²) in [6, 6.07) is 0. The lowest BCUT2D eigenvalue weighted by Gasteiger charge is -2.57. The first-order valence-corrected chi connectivity index (χ1v) is 12.3. The molecule has 0 aromatic heterocycles. The van der Waals surface area contributed by atoms with Crippen LogP contribution in [0.1, 0.15) is 65.7 Å². The van der Waals surface area contributed by atoms with Crippen molar-refractivity contribution in [3.63, 3.8) is 0 Å². The third-order valence-corrected chi connectivity index (χ3v) is 9.35. The SMILES string of the molecule is CC(=O)O[C@H]1CC[C@@]2(C)C(=CC[C@@H]3[C@H]2CC[C@]2(C)C(OS(=O)(=O)C(F)(F)F)=CC[C@H]32)C1. The Bertz CT molecular complexity index is 937. The first-order valence-electron chi connectivity index (χ1n) is 10.9. The third-order valence-electron chi connectivity index (χ3n) is 8.38. The van der Waals surface area contributed by atoms with E-state index in [0.29, 0.717) is 18.8 Å². The molecule has 174 valence electrons. The van der Waals surface area contributed by atoms with Gasteiger partial charge in [-0.15, -0.1) is 0 Å². The zero-order valence-corrected chi connectivity index (χ0v) is 18.8. The van der Waals surface area contributed by atoms with Crippen LogP contribution in [0.15, 0.2) is 23.5 Å². The topological polar surface area (TPSA) is 69.7 Å². The minimum atomic E-state index is -5.67. The number of esters is 1. The highest BCUT2D eigenvalue weighted by Gasteiger charge is 2.59. The minimum absolute atomic E-state index is 0.0252. The van der Waals surface area contributed by atoms with Crippen LogP contribution >= 0.6 is 0 Å². The highest BCUT2D eigenvalue weighted by molar-refractivity contribution is 7.87. The Balaban J connectivity index is 1.55. The molecule has 0 aromatic rings. The summed E-state index contributed by atoms with van der Waals surface area (Å²) >= 11 is 0. The molecule has 2 fully saturated rings. The Labute approximate surface area is 181 Å². The predicted octanol–water partition coefficient (Wildman–Crippen LogP) is 5.24. The maximum atomic E-state index is 12.9. The van der Waals surface area contributed by atoms with Crippen molar-refractivity contribution in [3.05, 3.63) is 23.5 Å². The highest BCUT2D eigenvalue weighted by Crippen LogP contribution is 2.65. The molecule has 0 radical (unpaired) electrons. The van der Waals surface area contributed by atoms with E-state index in [1.54, 1.807) is 6.08 Å². The van der Waals surface area contributed by atoms with Crippen molar-refractivity contribution in [1.29, 1.82) is 0 Å². The summed E-state index contributed by atoms with van der Waals surface area (Å²) in [7, 11) is -5.67. The maximum Gasteiger partial charge on any atom is 0.534 e. The molecular weight excluding hydrogens is 433 g/mol. The van der Waals surface area contributed by atoms with Crippen molar-refractivity contribution >= 4 is 16.1 Å². The van der Waals surface area contributed by atoms with E-state index in [9.17, 15) is 26.4 Å². The van der Waals surface area contributed by atoms with Crippen LogP contribution in [-0.2, 0) is 23.8 Å². The standard InChI is InChI=1S/C22H29F3O5S/c1-13(26)29-15-8-10-20(2)14(12-15)4-5-16-17-6-7-19(21(17,3)11-9-18(16)20)30-31(27,28)22(23,24)25/h4,7,15-18H,5-6,8-12H2,1-3H3/t15-,16-,17+,18+,20-,21-/m0/s1. The fourth-order valence-electron chi connectivity index (χ4n) is 6.79. The van der Waals surface area contributed by atoms with Crippen LogP contribution in [0.2, 0.25) is 0 Å². The molecule has 31 heavy (non-hydrogen) atoms. The van der Waals surface area contributed by atoms with E-state index in [-0.39, 0.29) is 35.1 Å². The number of allylic oxidation sites excluding steroid dienone is 3. The van der Waals surface area contributed by atoms with Crippen molar-refractivity contribution in [3.8, 4) is 0 Å². The Morgan fingerprint density at radius 1 is 1.06 bits per heavy atom. The molecule has 4 aliphatic rings. The Morgan fingerprint density at radius 2 is 1.74 bits per heavy atom. The molecule has 0 aromatic carbocycles. The van der Waals surface area contributed by atoms with Crippen LogP contribution in [0, 0.1) is 28.6 Å². The van der Waals surface area contributed by atoms with E-state index >= 15 is 0 Å². The van der Waals surface area contributed by atoms with E-state index in [1.165, 1.54) is 12.5 Å². The molecule has 4 rings (SSSR count). The number of carbonyl (C=O) groups excluding carboxylic acids is 1. The van der Waals surface area contributed by atoms with Crippen molar-refractivity contribution < 1.29 is 35.3 Å². The molecule has 0 amide bonds. The Hall–Kier alpha value is -1.51. The van der Waals surface area contributed by atoms with Gasteiger partial charge in [-0.05, 0) is 67.8 Å². The number of hydrogen-bond acceptors (Lipinski definition) is 5. The van der Waals surface area contributed by atoms with Gasteiger partial charge in [0, 0.05) is 18.8 Å². The summed E-state index contributed by atoms with van der Waals surface area (Å²) in [4.78, 5) is 11.4. The van der Waals surface area contributed by atoms with Gasteiger partial charge in [-0.1, -0.05) is 25.5 Å². The van der Waals surface area contributed by atoms with Crippen LogP contribution in [0.4, 0.5) is 13.2 Å². The van der Waals surface area contributed by atoms with Crippen LogP contribution in [0.3, 0.4) is 0 Å². The van der Waals surface area contributed by atoms with Gasteiger partial charge in [-0.3, -0.25) is 4.79 Å². The lowest BCUT2D eigenvalue weighted by Crippen LogP contribution is -2.50. The van der Waals surface area contributed by atoms with Crippen LogP contribution in [0.5, 0.6) is 0 Å². The van der Waals surface area contributed by atoms with Gasteiger partial charge >= 0.3 is 21.6 Å². The molecule has 0 N–H and O–H groups in total. The smallest absolute Gasteiger partial charge is 0.462 e. The third kappa shape index (κ3) is 3.60. The summed E-state index contributed by atoms with van der Waals surface area (Å²) in [6.45, 7) is 5.53. The lowest BCUT2D eigenvalue weighted by atomic mass is 9.48. The second-order valence-corrected chi connectivity index (χ2v) is 11.5. The summed E-state index contributed by atoms with van der Waals surface area (Å²) < 4.78 is 71.9. The highest BCUT2D eigenvalue weighted by atomic mass is 32.2. The van der Waals surface area contributed by atoms with Gasteiger partial charge < -0.3 is 8.92 Å². The lowest BCUT2D eigenvalue weighted by molar-refractivity contribution is -0.148. The van der Waals surface area contributed by atoms with Crippen molar-refractivity contribution in [1.82, 2.24) is 0 Å². The number of carbonyl (C=O) groups is 1. The summed E-state index contributed by atoms with van der Waals surface area (Å²) in [5.41, 5.74) is -4.86. The van der Waals surface area contributed by atoms with Gasteiger partial charge in [0.2, 0.25) is 0 Å². The Morgan fingerprint density at radius 3 is 2.39 bits per heavy atom. The number of rotatable bonds is 3. The first kappa shape index (κ1) is 22.7. The van der Waals surface area contributed by atoms with Gasteiger partial charge in [0.15, 0.2) is 0 Å². The molecule has 0 unspecified atom stereocenters. The quantitative estimate of drug-likeness (QED) is 0.248. The summed E-state index contributed by atoms with van der Waals surface area (Å²) in [5.74, 6) is 0.353. The van der Waals surface area contributed by atoms with Crippen molar-refractivity contribution in [2.24, 2.45) is 28.6 Å². The van der Waals surface area contributed by atoms with E-state index in [4.69, 9.17) is 4.74 Å². The van der Waals surface area contributed by atoms with Crippen LogP contribution < -0.4 is 0 Å². The second-order valence-electron chi connectivity index (χ2n) is 9.98. The molecule has 0 bridgehead atoms. The monoisotopic (exact) mass is 462 g/mol.